The number of hydrogen-bond donors (Lipinski definition) is 4. The predicted molar refractivity (Wildman–Crippen MR) is 254 cm³/mol. The maximum atomic E-state index is 10.8. The van der Waals surface area contributed by atoms with Crippen molar-refractivity contribution >= 4 is 57.7 Å². The Balaban J connectivity index is 1.63. The minimum atomic E-state index is -3.74. The molecule has 0 spiro atoms. The average Bonchev–Trinajstić information content (AvgIpc) is 3.30. The van der Waals surface area contributed by atoms with Crippen molar-refractivity contribution in [1.82, 2.24) is 19.1 Å². The van der Waals surface area contributed by atoms with Gasteiger partial charge in [0.1, 0.15) is 30.2 Å². The summed E-state index contributed by atoms with van der Waals surface area (Å²) in [5.41, 5.74) is 1.84. The van der Waals surface area contributed by atoms with Crippen LogP contribution >= 0.6 is 22.2 Å². The van der Waals surface area contributed by atoms with Gasteiger partial charge in [-0.2, -0.15) is 34.0 Å². The molecule has 6 aromatic rings. The molecule has 0 aliphatic carbocycles. The van der Waals surface area contributed by atoms with E-state index in [1.807, 2.05) is 60.7 Å². The molecule has 0 atom stereocenters. The van der Waals surface area contributed by atoms with Crippen molar-refractivity contribution < 1.29 is 20.4 Å². The van der Waals surface area contributed by atoms with E-state index in [2.05, 4.69) is 0 Å². The van der Waals surface area contributed by atoms with Gasteiger partial charge < -0.3 is 20.4 Å². The lowest BCUT2D eigenvalue weighted by Crippen LogP contribution is -2.27. The largest absolute Gasteiger partial charge is 0.507 e. The highest BCUT2D eigenvalue weighted by molar-refractivity contribution is 7.91. The third-order valence-electron chi connectivity index (χ3n) is 9.73. The molecule has 62 heavy (non-hydrogen) atoms. The average molecular weight is 886 g/mol. The highest BCUT2D eigenvalue weighted by atomic mass is 31.3. The van der Waals surface area contributed by atoms with E-state index >= 15 is 0 Å². The molecule has 1 aliphatic rings. The number of hydrogen-bond acceptors (Lipinski definition) is 15. The minimum Gasteiger partial charge on any atom is -0.507 e. The van der Waals surface area contributed by atoms with Gasteiger partial charge in [-0.1, -0.05) is 109 Å². The van der Waals surface area contributed by atoms with Crippen LogP contribution in [0.15, 0.2) is 192 Å². The fraction of sp³-hybridized carbons (Fsp3) is 0.0909. The smallest absolute Gasteiger partial charge is 0.302 e. The summed E-state index contributed by atoms with van der Waals surface area (Å²) in [7, 11) is -3.83. The topological polar surface area (TPSA) is 180 Å². The summed E-state index contributed by atoms with van der Waals surface area (Å²) in [6.45, 7) is 0. The quantitative estimate of drug-likeness (QED) is 0.0475. The molecular formula is C44H46N11O4P3. The highest BCUT2D eigenvalue weighted by Gasteiger charge is 2.47. The fourth-order valence-corrected chi connectivity index (χ4v) is 20.1. The van der Waals surface area contributed by atoms with Crippen LogP contribution in [0.2, 0.25) is 0 Å². The van der Waals surface area contributed by atoms with E-state index < -0.39 is 22.2 Å². The number of hydrazone groups is 4. The van der Waals surface area contributed by atoms with Crippen molar-refractivity contribution in [1.29, 1.82) is 0 Å². The molecule has 0 saturated carbocycles. The second kappa shape index (κ2) is 18.8. The Morgan fingerprint density at radius 3 is 0.903 bits per heavy atom. The Bertz CT molecular complexity index is 2540. The number of phenolic OH excluding ortho intramolecular Hbond substituents is 4. The summed E-state index contributed by atoms with van der Waals surface area (Å²) in [5, 5.41) is 64.7. The van der Waals surface area contributed by atoms with E-state index in [0.29, 0.717) is 22.3 Å². The molecule has 1 heterocycles. The van der Waals surface area contributed by atoms with E-state index in [9.17, 15) is 20.4 Å². The van der Waals surface area contributed by atoms with E-state index in [1.54, 1.807) is 169 Å². The van der Waals surface area contributed by atoms with Crippen LogP contribution in [-0.4, -0.2) is 92.6 Å². The first-order chi connectivity index (χ1) is 30.0. The van der Waals surface area contributed by atoms with Crippen molar-refractivity contribution in [2.45, 2.75) is 0 Å². The number of para-hydroxylation sites is 4. The summed E-state index contributed by atoms with van der Waals surface area (Å²) < 4.78 is 24.1. The van der Waals surface area contributed by atoms with Crippen LogP contribution in [0.4, 0.5) is 0 Å². The van der Waals surface area contributed by atoms with Crippen LogP contribution in [0.5, 0.6) is 23.0 Å². The molecular weight excluding hydrogens is 839 g/mol. The van der Waals surface area contributed by atoms with Crippen molar-refractivity contribution in [2.75, 3.05) is 28.2 Å². The van der Waals surface area contributed by atoms with Crippen LogP contribution in [-0.2, 0) is 0 Å². The second-order valence-electron chi connectivity index (χ2n) is 13.8. The Hall–Kier alpha value is -6.91. The maximum Gasteiger partial charge on any atom is 0.302 e. The van der Waals surface area contributed by atoms with Crippen molar-refractivity contribution in [3.8, 4) is 23.0 Å². The van der Waals surface area contributed by atoms with Gasteiger partial charge in [-0.15, -0.1) is 0 Å². The van der Waals surface area contributed by atoms with Gasteiger partial charge >= 0.3 is 15.0 Å². The fourth-order valence-electron chi connectivity index (χ4n) is 6.27. The van der Waals surface area contributed by atoms with Gasteiger partial charge in [0.2, 0.25) is 0 Å². The number of benzene rings is 6. The van der Waals surface area contributed by atoms with Gasteiger partial charge in [0.25, 0.3) is 0 Å². The lowest BCUT2D eigenvalue weighted by Gasteiger charge is -2.44. The minimum absolute atomic E-state index is 0.0317. The third kappa shape index (κ3) is 8.92. The molecule has 0 amide bonds. The number of nitrogens with zero attached hydrogens (tertiary/aromatic N) is 11. The third-order valence-corrected chi connectivity index (χ3v) is 21.2. The van der Waals surface area contributed by atoms with Gasteiger partial charge in [-0.25, -0.2) is 19.1 Å². The first-order valence-electron chi connectivity index (χ1n) is 19.2. The van der Waals surface area contributed by atoms with Gasteiger partial charge in [0, 0.05) is 61.1 Å². The predicted octanol–water partition coefficient (Wildman–Crippen LogP) is 9.35. The summed E-state index contributed by atoms with van der Waals surface area (Å²) in [6, 6.07) is 47.0. The molecule has 0 radical (unpaired) electrons. The molecule has 18 heteroatoms. The van der Waals surface area contributed by atoms with E-state index in [1.165, 1.54) is 0 Å². The van der Waals surface area contributed by atoms with Crippen LogP contribution in [0.25, 0.3) is 0 Å². The number of aromatic hydroxyl groups is 4. The van der Waals surface area contributed by atoms with E-state index in [-0.39, 0.29) is 23.0 Å². The van der Waals surface area contributed by atoms with Crippen LogP contribution in [0.3, 0.4) is 0 Å². The molecule has 316 valence electrons. The Kier molecular flexibility index (Phi) is 13.1. The Morgan fingerprint density at radius 2 is 0.613 bits per heavy atom. The zero-order valence-electron chi connectivity index (χ0n) is 34.4. The maximum absolute atomic E-state index is 10.8. The summed E-state index contributed by atoms with van der Waals surface area (Å²) in [5.74, 6) is 0.127. The van der Waals surface area contributed by atoms with Crippen molar-refractivity contribution in [3.05, 3.63) is 180 Å². The molecule has 1 aliphatic heterocycles. The normalized spacial score (nSPS) is 15.2. The second-order valence-corrected chi connectivity index (χ2v) is 22.6. The van der Waals surface area contributed by atoms with Crippen LogP contribution in [0.1, 0.15) is 22.3 Å². The first-order valence-corrected chi connectivity index (χ1v) is 24.1. The van der Waals surface area contributed by atoms with E-state index in [4.69, 9.17) is 34.0 Å². The zero-order valence-corrected chi connectivity index (χ0v) is 37.1. The highest BCUT2D eigenvalue weighted by Crippen LogP contribution is 2.80. The molecule has 4 N–H and O–H groups in total. The Labute approximate surface area is 361 Å². The molecule has 7 rings (SSSR count). The summed E-state index contributed by atoms with van der Waals surface area (Å²) >= 11 is 0. The molecule has 0 saturated heterocycles. The lowest BCUT2D eigenvalue weighted by molar-refractivity contribution is 0.469. The summed E-state index contributed by atoms with van der Waals surface area (Å²) in [6.07, 6.45) is 6.17. The van der Waals surface area contributed by atoms with Gasteiger partial charge in [0.05, 0.1) is 24.9 Å². The lowest BCUT2D eigenvalue weighted by atomic mass is 10.2. The van der Waals surface area contributed by atoms with Gasteiger partial charge in [-0.3, -0.25) is 0 Å². The number of phenols is 4. The van der Waals surface area contributed by atoms with Gasteiger partial charge in [0.15, 0.2) is 0 Å². The molecule has 0 aromatic heterocycles. The summed E-state index contributed by atoms with van der Waals surface area (Å²) in [4.78, 5) is 0. The molecule has 15 nitrogen and oxygen atoms in total. The van der Waals surface area contributed by atoms with Crippen molar-refractivity contribution in [2.24, 2.45) is 34.0 Å². The molecule has 0 bridgehead atoms. The van der Waals surface area contributed by atoms with Gasteiger partial charge in [-0.05, 0) is 48.5 Å². The molecule has 0 fully saturated rings. The van der Waals surface area contributed by atoms with Crippen LogP contribution in [0, 0.1) is 0 Å². The first kappa shape index (κ1) is 43.2. The van der Waals surface area contributed by atoms with E-state index in [0.717, 1.165) is 10.6 Å². The molecule has 0 unspecified atom stereocenters. The monoisotopic (exact) mass is 885 g/mol. The number of rotatable bonds is 14. The SMILES string of the molecule is CN(/N=C/c1ccccc1O)P1(N(C)/N=C/c2ccccc2O)=NP(c2ccccc2)(c2ccccc2)=NP(N(C)/N=C/c2ccccc2O)(N(C)/N=C/c2ccccc2O)=N1. The standard InChI is InChI=1S/C44H46N11O4P3/c1-52(45-31-35-19-11-15-27-41(35)56)61(53(2)46-32-36-20-12-16-28-42(36)57)49-60(39-23-7-5-8-24-39,40-25-9-6-10-26-40)50-62(51-61,54(3)47-33-37-21-13-17-29-43(37)58)55(4)48-34-38-22-14-18-30-44(38)59/h5-34,56-59H,1-4H3/b45-31+,46-32+,47-33+,48-34+. The van der Waals surface area contributed by atoms with Crippen LogP contribution < -0.4 is 10.6 Å². The van der Waals surface area contributed by atoms with Crippen molar-refractivity contribution in [3.63, 3.8) is 0 Å². The zero-order chi connectivity index (χ0) is 43.7. The molecule has 6 aromatic carbocycles. The Morgan fingerprint density at radius 1 is 0.355 bits per heavy atom.